The molecule has 2 atom stereocenters. The van der Waals surface area contributed by atoms with Crippen LogP contribution in [0.2, 0.25) is 0 Å². The van der Waals surface area contributed by atoms with Gasteiger partial charge in [0.25, 0.3) is 5.56 Å². The van der Waals surface area contributed by atoms with Crippen molar-refractivity contribution in [1.82, 2.24) is 9.97 Å². The molecule has 0 amide bonds. The summed E-state index contributed by atoms with van der Waals surface area (Å²) in [5, 5.41) is 3.41. The van der Waals surface area contributed by atoms with Crippen molar-refractivity contribution < 1.29 is 13.2 Å². The molecule has 22 heavy (non-hydrogen) atoms. The van der Waals surface area contributed by atoms with Crippen molar-refractivity contribution in [1.29, 1.82) is 0 Å². The van der Waals surface area contributed by atoms with Crippen molar-refractivity contribution in [3.05, 3.63) is 34.6 Å². The van der Waals surface area contributed by atoms with E-state index >= 15 is 0 Å². The van der Waals surface area contributed by atoms with Gasteiger partial charge in [-0.3, -0.25) is 9.78 Å². The fourth-order valence-corrected chi connectivity index (χ4v) is 2.97. The molecule has 0 unspecified atom stereocenters. The van der Waals surface area contributed by atoms with Crippen molar-refractivity contribution in [2.75, 3.05) is 5.32 Å². The van der Waals surface area contributed by atoms with Crippen LogP contribution in [-0.2, 0) is 0 Å². The second-order valence-electron chi connectivity index (χ2n) is 5.68. The lowest BCUT2D eigenvalue weighted by Crippen LogP contribution is -2.35. The summed E-state index contributed by atoms with van der Waals surface area (Å²) in [5.41, 5.74) is 0.230. The van der Waals surface area contributed by atoms with Gasteiger partial charge in [-0.05, 0) is 31.4 Å². The molecular weight excluding hydrogens is 295 g/mol. The number of anilines is 1. The maximum atomic E-state index is 12.8. The zero-order chi connectivity index (χ0) is 15.7. The lowest BCUT2D eigenvalue weighted by molar-refractivity contribution is -0.182. The van der Waals surface area contributed by atoms with Crippen LogP contribution in [-0.4, -0.2) is 22.2 Å². The van der Waals surface area contributed by atoms with Gasteiger partial charge in [0, 0.05) is 6.04 Å². The van der Waals surface area contributed by atoms with Crippen LogP contribution in [0.1, 0.15) is 25.7 Å². The Labute approximate surface area is 124 Å². The van der Waals surface area contributed by atoms with Gasteiger partial charge >= 0.3 is 6.18 Å². The van der Waals surface area contributed by atoms with Crippen molar-refractivity contribution in [3.63, 3.8) is 0 Å². The highest BCUT2D eigenvalue weighted by Gasteiger charge is 2.42. The van der Waals surface area contributed by atoms with E-state index in [0.29, 0.717) is 23.7 Å². The number of H-pyrrole nitrogens is 1. The molecule has 0 spiro atoms. The second-order valence-corrected chi connectivity index (χ2v) is 5.68. The van der Waals surface area contributed by atoms with E-state index in [-0.39, 0.29) is 30.4 Å². The van der Waals surface area contributed by atoms with E-state index in [2.05, 4.69) is 15.3 Å². The van der Waals surface area contributed by atoms with Crippen LogP contribution >= 0.6 is 0 Å². The number of rotatable bonds is 2. The predicted molar refractivity (Wildman–Crippen MR) is 77.8 cm³/mol. The number of alkyl halides is 3. The molecule has 0 aliphatic heterocycles. The van der Waals surface area contributed by atoms with E-state index in [1.54, 1.807) is 24.3 Å². The molecule has 118 valence electrons. The molecule has 1 heterocycles. The maximum absolute atomic E-state index is 12.8. The number of hydrogen-bond donors (Lipinski definition) is 2. The Balaban J connectivity index is 1.80. The molecule has 0 radical (unpaired) electrons. The van der Waals surface area contributed by atoms with Crippen LogP contribution in [0.15, 0.2) is 29.1 Å². The first kappa shape index (κ1) is 14.9. The summed E-state index contributed by atoms with van der Waals surface area (Å²) < 4.78 is 38.5. The first-order valence-electron chi connectivity index (χ1n) is 7.26. The zero-order valence-electron chi connectivity index (χ0n) is 11.8. The Morgan fingerprint density at radius 3 is 2.77 bits per heavy atom. The number of fused-ring (bicyclic) bond motifs is 1. The van der Waals surface area contributed by atoms with Gasteiger partial charge in [-0.25, -0.2) is 4.98 Å². The van der Waals surface area contributed by atoms with Gasteiger partial charge in [0.1, 0.15) is 0 Å². The summed E-state index contributed by atoms with van der Waals surface area (Å²) in [6, 6.07) is 6.53. The van der Waals surface area contributed by atoms with Crippen molar-refractivity contribution >= 4 is 16.9 Å². The highest BCUT2D eigenvalue weighted by Crippen LogP contribution is 2.38. The molecule has 2 aromatic rings. The van der Waals surface area contributed by atoms with E-state index in [1.807, 2.05) is 0 Å². The van der Waals surface area contributed by atoms with Crippen molar-refractivity contribution in [3.8, 4) is 0 Å². The predicted octanol–water partition coefficient (Wildman–Crippen LogP) is 3.46. The lowest BCUT2D eigenvalue weighted by Gasteiger charge is -2.31. The smallest absolute Gasteiger partial charge is 0.353 e. The van der Waals surface area contributed by atoms with Gasteiger partial charge in [0.05, 0.1) is 16.8 Å². The first-order valence-corrected chi connectivity index (χ1v) is 7.26. The number of aromatic nitrogens is 2. The molecule has 1 saturated carbocycles. The third kappa shape index (κ3) is 3.08. The molecule has 1 aromatic heterocycles. The molecule has 1 aliphatic rings. The second kappa shape index (κ2) is 5.62. The Hall–Kier alpha value is -2.05. The molecule has 0 bridgehead atoms. The van der Waals surface area contributed by atoms with Gasteiger partial charge in [-0.15, -0.1) is 0 Å². The average molecular weight is 311 g/mol. The Bertz CT molecular complexity index is 726. The fourth-order valence-electron chi connectivity index (χ4n) is 2.97. The summed E-state index contributed by atoms with van der Waals surface area (Å²) in [6.45, 7) is 0. The summed E-state index contributed by atoms with van der Waals surface area (Å²) in [7, 11) is 0. The van der Waals surface area contributed by atoms with Crippen LogP contribution in [0.4, 0.5) is 19.1 Å². The van der Waals surface area contributed by atoms with Crippen molar-refractivity contribution in [2.24, 2.45) is 5.92 Å². The van der Waals surface area contributed by atoms with Crippen LogP contribution in [0.5, 0.6) is 0 Å². The monoisotopic (exact) mass is 311 g/mol. The van der Waals surface area contributed by atoms with Gasteiger partial charge in [0.2, 0.25) is 5.95 Å². The van der Waals surface area contributed by atoms with E-state index < -0.39 is 12.1 Å². The highest BCUT2D eigenvalue weighted by molar-refractivity contribution is 5.78. The number of halogens is 3. The highest BCUT2D eigenvalue weighted by atomic mass is 19.4. The zero-order valence-corrected chi connectivity index (χ0v) is 11.8. The molecule has 7 heteroatoms. The molecule has 1 fully saturated rings. The van der Waals surface area contributed by atoms with Crippen LogP contribution < -0.4 is 10.9 Å². The van der Waals surface area contributed by atoms with E-state index in [4.69, 9.17) is 0 Å². The number of benzene rings is 1. The summed E-state index contributed by atoms with van der Waals surface area (Å²) in [6.07, 6.45) is -2.82. The van der Waals surface area contributed by atoms with Gasteiger partial charge in [0.15, 0.2) is 0 Å². The van der Waals surface area contributed by atoms with Crippen molar-refractivity contribution in [2.45, 2.75) is 37.9 Å². The Morgan fingerprint density at radius 2 is 2.00 bits per heavy atom. The van der Waals surface area contributed by atoms with Gasteiger partial charge in [-0.1, -0.05) is 18.6 Å². The van der Waals surface area contributed by atoms with E-state index in [0.717, 1.165) is 0 Å². The third-order valence-corrected chi connectivity index (χ3v) is 4.09. The largest absolute Gasteiger partial charge is 0.391 e. The van der Waals surface area contributed by atoms with Gasteiger partial charge in [-0.2, -0.15) is 13.2 Å². The summed E-state index contributed by atoms with van der Waals surface area (Å²) in [4.78, 5) is 18.8. The van der Waals surface area contributed by atoms with E-state index in [9.17, 15) is 18.0 Å². The fraction of sp³-hybridized carbons (Fsp3) is 0.467. The molecular formula is C15H16F3N3O. The molecule has 4 nitrogen and oxygen atoms in total. The lowest BCUT2D eigenvalue weighted by atomic mass is 9.85. The van der Waals surface area contributed by atoms with E-state index in [1.165, 1.54) is 0 Å². The number of hydrogen-bond acceptors (Lipinski definition) is 3. The topological polar surface area (TPSA) is 57.8 Å². The molecule has 1 aromatic carbocycles. The minimum absolute atomic E-state index is 0.0139. The Morgan fingerprint density at radius 1 is 1.23 bits per heavy atom. The quantitative estimate of drug-likeness (QED) is 0.893. The normalized spacial score (nSPS) is 22.7. The SMILES string of the molecule is O=c1[nH]c(N[C@H]2CCC[C@@H](C(F)(F)F)C2)nc2ccccc12. The van der Waals surface area contributed by atoms with Crippen LogP contribution in [0, 0.1) is 5.92 Å². The average Bonchev–Trinajstić information content (AvgIpc) is 2.47. The number of nitrogens with zero attached hydrogens (tertiary/aromatic N) is 1. The molecule has 3 rings (SSSR count). The minimum atomic E-state index is -4.16. The summed E-state index contributed by atoms with van der Waals surface area (Å²) >= 11 is 0. The Kier molecular flexibility index (Phi) is 3.80. The maximum Gasteiger partial charge on any atom is 0.391 e. The van der Waals surface area contributed by atoms with Crippen LogP contribution in [0.25, 0.3) is 10.9 Å². The van der Waals surface area contributed by atoms with Gasteiger partial charge < -0.3 is 5.32 Å². The summed E-state index contributed by atoms with van der Waals surface area (Å²) in [5.74, 6) is -1.05. The number of aromatic amines is 1. The third-order valence-electron chi connectivity index (χ3n) is 4.09. The molecule has 1 aliphatic carbocycles. The number of para-hydroxylation sites is 1. The standard InChI is InChI=1S/C15H16F3N3O/c16-15(17,18)9-4-3-5-10(8-9)19-14-20-12-7-2-1-6-11(12)13(22)21-14/h1-2,6-7,9-10H,3-5,8H2,(H2,19,20,21,22)/t9-,10+/m1/s1. The van der Waals surface area contributed by atoms with Crippen LogP contribution in [0.3, 0.4) is 0 Å². The number of nitrogens with one attached hydrogen (secondary N) is 2. The molecule has 2 N–H and O–H groups in total. The molecule has 0 saturated heterocycles. The first-order chi connectivity index (χ1) is 10.4. The minimum Gasteiger partial charge on any atom is -0.353 e.